The van der Waals surface area contributed by atoms with Crippen LogP contribution in [0, 0.1) is 0 Å². The van der Waals surface area contributed by atoms with Gasteiger partial charge in [0.2, 0.25) is 23.6 Å². The van der Waals surface area contributed by atoms with E-state index in [0.717, 1.165) is 0 Å². The normalized spacial score (nSPS) is 19.0. The van der Waals surface area contributed by atoms with E-state index >= 15 is 0 Å². The number of nitrogens with two attached hydrogens (primary N) is 2. The van der Waals surface area contributed by atoms with Crippen molar-refractivity contribution in [3.63, 3.8) is 0 Å². The van der Waals surface area contributed by atoms with Crippen LogP contribution in [0.2, 0.25) is 0 Å². The summed E-state index contributed by atoms with van der Waals surface area (Å²) in [6.07, 6.45) is 0.601. The van der Waals surface area contributed by atoms with Crippen LogP contribution < -0.4 is 22.1 Å². The molecular weight excluding hydrogens is 334 g/mol. The maximum absolute atomic E-state index is 12.0. The van der Waals surface area contributed by atoms with E-state index in [4.69, 9.17) is 16.6 Å². The van der Waals surface area contributed by atoms with Crippen molar-refractivity contribution in [3.05, 3.63) is 0 Å². The third-order valence-electron chi connectivity index (χ3n) is 3.78. The van der Waals surface area contributed by atoms with Gasteiger partial charge in [0.05, 0.1) is 19.0 Å². The second-order valence-corrected chi connectivity index (χ2v) is 5.81. The molecule has 0 aromatic heterocycles. The number of nitrogens with zero attached hydrogens (tertiary/aromatic N) is 1. The standard InChI is InChI=1S/C14H23N5O6/c1-7(18-13(23)8(15)5-10(16)20)12(22)17-6-11(21)19-4-2-3-9(19)14(24)25/h7-9H,2-6,15H2,1H3,(H2,16,20)(H,17,22)(H,18,23)(H,24,25)/t7-,8-,9+/m0/s1. The van der Waals surface area contributed by atoms with Crippen molar-refractivity contribution in [2.75, 3.05) is 13.1 Å². The van der Waals surface area contributed by atoms with Gasteiger partial charge in [0.15, 0.2) is 0 Å². The maximum atomic E-state index is 12.0. The molecule has 0 aliphatic carbocycles. The van der Waals surface area contributed by atoms with Crippen LogP contribution in [0.5, 0.6) is 0 Å². The highest BCUT2D eigenvalue weighted by atomic mass is 16.4. The van der Waals surface area contributed by atoms with Crippen LogP contribution in [0.1, 0.15) is 26.2 Å². The van der Waals surface area contributed by atoms with Gasteiger partial charge in [-0.05, 0) is 19.8 Å². The first-order valence-corrected chi connectivity index (χ1v) is 7.77. The summed E-state index contributed by atoms with van der Waals surface area (Å²) in [7, 11) is 0. The summed E-state index contributed by atoms with van der Waals surface area (Å²) in [5.74, 6) is -3.70. The molecule has 0 radical (unpaired) electrons. The summed E-state index contributed by atoms with van der Waals surface area (Å²) in [5, 5.41) is 13.7. The molecule has 25 heavy (non-hydrogen) atoms. The number of hydrogen-bond donors (Lipinski definition) is 5. The molecule has 11 heteroatoms. The molecular formula is C14H23N5O6. The Hall–Kier alpha value is -2.69. The molecule has 1 saturated heterocycles. The molecule has 1 heterocycles. The number of primary amides is 1. The van der Waals surface area contributed by atoms with Gasteiger partial charge in [-0.2, -0.15) is 0 Å². The van der Waals surface area contributed by atoms with Gasteiger partial charge in [-0.1, -0.05) is 0 Å². The molecule has 0 aromatic rings. The fourth-order valence-corrected chi connectivity index (χ4v) is 2.43. The van der Waals surface area contributed by atoms with E-state index < -0.39 is 47.7 Å². The van der Waals surface area contributed by atoms with Gasteiger partial charge in [0.1, 0.15) is 12.1 Å². The lowest BCUT2D eigenvalue weighted by atomic mass is 10.2. The molecule has 7 N–H and O–H groups in total. The van der Waals surface area contributed by atoms with Crippen molar-refractivity contribution in [3.8, 4) is 0 Å². The second-order valence-electron chi connectivity index (χ2n) is 5.81. The van der Waals surface area contributed by atoms with Crippen LogP contribution >= 0.6 is 0 Å². The molecule has 0 bridgehead atoms. The van der Waals surface area contributed by atoms with E-state index in [0.29, 0.717) is 19.4 Å². The maximum Gasteiger partial charge on any atom is 0.326 e. The summed E-state index contributed by atoms with van der Waals surface area (Å²) in [5.41, 5.74) is 10.4. The average Bonchev–Trinajstić information content (AvgIpc) is 3.01. The van der Waals surface area contributed by atoms with E-state index in [2.05, 4.69) is 10.6 Å². The highest BCUT2D eigenvalue weighted by Crippen LogP contribution is 2.17. The fourth-order valence-electron chi connectivity index (χ4n) is 2.43. The van der Waals surface area contributed by atoms with Crippen LogP contribution in [0.4, 0.5) is 0 Å². The third kappa shape index (κ3) is 6.03. The first-order chi connectivity index (χ1) is 11.6. The Morgan fingerprint density at radius 3 is 2.44 bits per heavy atom. The smallest absolute Gasteiger partial charge is 0.326 e. The van der Waals surface area contributed by atoms with Gasteiger partial charge in [-0.3, -0.25) is 19.2 Å². The number of carbonyl (C=O) groups is 5. The van der Waals surface area contributed by atoms with Crippen molar-refractivity contribution in [1.29, 1.82) is 0 Å². The zero-order valence-electron chi connectivity index (χ0n) is 13.9. The van der Waals surface area contributed by atoms with Crippen molar-refractivity contribution in [2.24, 2.45) is 11.5 Å². The SMILES string of the molecule is C[C@H](NC(=O)[C@@H](N)CC(N)=O)C(=O)NCC(=O)N1CCC[C@@H]1C(=O)O. The zero-order chi connectivity index (χ0) is 19.1. The molecule has 1 aliphatic heterocycles. The largest absolute Gasteiger partial charge is 0.480 e. The monoisotopic (exact) mass is 357 g/mol. The van der Waals surface area contributed by atoms with Gasteiger partial charge in [-0.25, -0.2) is 4.79 Å². The minimum absolute atomic E-state index is 0.319. The minimum Gasteiger partial charge on any atom is -0.480 e. The quantitative estimate of drug-likeness (QED) is 0.304. The Morgan fingerprint density at radius 1 is 1.24 bits per heavy atom. The van der Waals surface area contributed by atoms with E-state index in [-0.39, 0.29) is 13.0 Å². The fraction of sp³-hybridized carbons (Fsp3) is 0.643. The molecule has 3 atom stereocenters. The summed E-state index contributed by atoms with van der Waals surface area (Å²) in [4.78, 5) is 58.6. The molecule has 4 amide bonds. The Labute approximate surface area is 144 Å². The van der Waals surface area contributed by atoms with E-state index in [9.17, 15) is 24.0 Å². The Balaban J connectivity index is 2.45. The van der Waals surface area contributed by atoms with Crippen LogP contribution in [0.25, 0.3) is 0 Å². The molecule has 11 nitrogen and oxygen atoms in total. The van der Waals surface area contributed by atoms with Gasteiger partial charge in [-0.15, -0.1) is 0 Å². The molecule has 0 spiro atoms. The Bertz CT molecular complexity index is 566. The molecule has 1 rings (SSSR count). The van der Waals surface area contributed by atoms with E-state index in [1.165, 1.54) is 11.8 Å². The predicted octanol–water partition coefficient (Wildman–Crippen LogP) is -3.11. The first-order valence-electron chi connectivity index (χ1n) is 7.77. The number of hydrogen-bond acceptors (Lipinski definition) is 6. The number of nitrogens with one attached hydrogen (secondary N) is 2. The average molecular weight is 357 g/mol. The minimum atomic E-state index is -1.17. The lowest BCUT2D eigenvalue weighted by molar-refractivity contribution is -0.148. The van der Waals surface area contributed by atoms with Gasteiger partial charge in [0.25, 0.3) is 0 Å². The summed E-state index contributed by atoms with van der Waals surface area (Å²) >= 11 is 0. The topological polar surface area (TPSA) is 185 Å². The van der Waals surface area contributed by atoms with E-state index in [1.807, 2.05) is 0 Å². The number of likely N-dealkylation sites (tertiary alicyclic amines) is 1. The number of carboxylic acids is 1. The van der Waals surface area contributed by atoms with Crippen molar-refractivity contribution >= 4 is 29.6 Å². The lowest BCUT2D eigenvalue weighted by Gasteiger charge is -2.22. The van der Waals surface area contributed by atoms with E-state index in [1.54, 1.807) is 0 Å². The number of carboxylic acid groups (broad SMARTS) is 1. The Morgan fingerprint density at radius 2 is 1.88 bits per heavy atom. The zero-order valence-corrected chi connectivity index (χ0v) is 13.9. The lowest BCUT2D eigenvalue weighted by Crippen LogP contribution is -2.52. The van der Waals surface area contributed by atoms with Gasteiger partial charge < -0.3 is 32.1 Å². The summed E-state index contributed by atoms with van der Waals surface area (Å²) in [6.45, 7) is 1.32. The number of rotatable bonds is 8. The number of amides is 4. The van der Waals surface area contributed by atoms with Crippen LogP contribution in [-0.4, -0.2) is 70.8 Å². The van der Waals surface area contributed by atoms with Crippen molar-refractivity contribution in [2.45, 2.75) is 44.3 Å². The van der Waals surface area contributed by atoms with Gasteiger partial charge in [0, 0.05) is 6.54 Å². The summed E-state index contributed by atoms with van der Waals surface area (Å²) in [6, 6.07) is -3.04. The molecule has 0 unspecified atom stereocenters. The number of aliphatic carboxylic acids is 1. The van der Waals surface area contributed by atoms with Crippen LogP contribution in [0.3, 0.4) is 0 Å². The second kappa shape index (κ2) is 8.97. The van der Waals surface area contributed by atoms with Gasteiger partial charge >= 0.3 is 5.97 Å². The Kier molecular flexibility index (Phi) is 7.30. The number of carbonyl (C=O) groups excluding carboxylic acids is 4. The van der Waals surface area contributed by atoms with Crippen molar-refractivity contribution in [1.82, 2.24) is 15.5 Å². The highest BCUT2D eigenvalue weighted by Gasteiger charge is 2.34. The third-order valence-corrected chi connectivity index (χ3v) is 3.78. The predicted molar refractivity (Wildman–Crippen MR) is 84.8 cm³/mol. The molecule has 1 aliphatic rings. The van der Waals surface area contributed by atoms with Crippen LogP contribution in [-0.2, 0) is 24.0 Å². The molecule has 140 valence electrons. The molecule has 1 fully saturated rings. The molecule has 0 saturated carbocycles. The molecule has 0 aromatic carbocycles. The van der Waals surface area contributed by atoms with Crippen LogP contribution in [0.15, 0.2) is 0 Å². The van der Waals surface area contributed by atoms with Crippen molar-refractivity contribution < 1.29 is 29.1 Å². The first kappa shape index (κ1) is 20.4. The highest BCUT2D eigenvalue weighted by molar-refractivity contribution is 5.93. The summed E-state index contributed by atoms with van der Waals surface area (Å²) < 4.78 is 0.